The van der Waals surface area contributed by atoms with E-state index in [4.69, 9.17) is 4.74 Å². The molecular formula is C16H15NO2. The number of ketones is 1. The molecule has 0 amide bonds. The third-order valence-electron chi connectivity index (χ3n) is 4.34. The van der Waals surface area contributed by atoms with E-state index < -0.39 is 0 Å². The van der Waals surface area contributed by atoms with Crippen LogP contribution in [0, 0.1) is 5.92 Å². The van der Waals surface area contributed by atoms with Crippen molar-refractivity contribution in [2.75, 3.05) is 0 Å². The lowest BCUT2D eigenvalue weighted by molar-refractivity contribution is 0.0744. The minimum Gasteiger partial charge on any atom is -0.374 e. The molecule has 3 heterocycles. The first-order valence-corrected chi connectivity index (χ1v) is 6.86. The van der Waals surface area contributed by atoms with E-state index in [-0.39, 0.29) is 17.8 Å². The van der Waals surface area contributed by atoms with Crippen LogP contribution in [0.1, 0.15) is 29.6 Å². The van der Waals surface area contributed by atoms with Crippen LogP contribution in [0.2, 0.25) is 0 Å². The van der Waals surface area contributed by atoms with Gasteiger partial charge in [0.1, 0.15) is 0 Å². The fourth-order valence-electron chi connectivity index (χ4n) is 3.42. The zero-order valence-electron chi connectivity index (χ0n) is 10.6. The molecule has 3 atom stereocenters. The molecule has 2 aliphatic heterocycles. The molecule has 2 saturated heterocycles. The quantitative estimate of drug-likeness (QED) is 0.772. The highest BCUT2D eigenvalue weighted by Crippen LogP contribution is 2.40. The summed E-state index contributed by atoms with van der Waals surface area (Å²) in [4.78, 5) is 17.1. The fourth-order valence-corrected chi connectivity index (χ4v) is 3.42. The summed E-state index contributed by atoms with van der Waals surface area (Å²) >= 11 is 0. The number of carbonyl (C=O) groups excluding carboxylic acids is 1. The van der Waals surface area contributed by atoms with E-state index in [1.807, 2.05) is 30.3 Å². The van der Waals surface area contributed by atoms with Gasteiger partial charge in [-0.2, -0.15) is 0 Å². The maximum absolute atomic E-state index is 12.7. The molecule has 1 aromatic carbocycles. The Balaban J connectivity index is 1.76. The molecule has 3 nitrogen and oxygen atoms in total. The van der Waals surface area contributed by atoms with Crippen molar-refractivity contribution >= 4 is 16.7 Å². The van der Waals surface area contributed by atoms with Crippen molar-refractivity contribution < 1.29 is 9.53 Å². The molecule has 0 spiro atoms. The number of nitrogens with zero attached hydrogens (tertiary/aromatic N) is 1. The first-order chi connectivity index (χ1) is 9.33. The molecule has 0 saturated carbocycles. The van der Waals surface area contributed by atoms with Crippen LogP contribution in [0.5, 0.6) is 0 Å². The van der Waals surface area contributed by atoms with Gasteiger partial charge in [0.05, 0.1) is 23.6 Å². The van der Waals surface area contributed by atoms with Gasteiger partial charge in [0.15, 0.2) is 5.78 Å². The number of carbonyl (C=O) groups is 1. The Labute approximate surface area is 111 Å². The van der Waals surface area contributed by atoms with Crippen LogP contribution in [-0.4, -0.2) is 23.0 Å². The Bertz CT molecular complexity index is 647. The summed E-state index contributed by atoms with van der Waals surface area (Å²) in [7, 11) is 0. The lowest BCUT2D eigenvalue weighted by atomic mass is 9.83. The molecule has 2 bridgehead atoms. The van der Waals surface area contributed by atoms with Crippen LogP contribution in [0.15, 0.2) is 36.5 Å². The van der Waals surface area contributed by atoms with E-state index >= 15 is 0 Å². The van der Waals surface area contributed by atoms with Gasteiger partial charge in [-0.15, -0.1) is 0 Å². The van der Waals surface area contributed by atoms with E-state index in [1.54, 1.807) is 6.20 Å². The largest absolute Gasteiger partial charge is 0.374 e. The molecule has 2 aromatic rings. The summed E-state index contributed by atoms with van der Waals surface area (Å²) in [5.74, 6) is 0.239. The number of rotatable bonds is 2. The first kappa shape index (κ1) is 11.1. The number of Topliss-reactive ketones (excluding diaryl/α,β-unsaturated/α-hetero) is 1. The maximum Gasteiger partial charge on any atom is 0.170 e. The number of para-hydroxylation sites is 1. The molecule has 0 radical (unpaired) electrons. The number of pyridine rings is 1. The summed E-state index contributed by atoms with van der Waals surface area (Å²) < 4.78 is 5.80. The van der Waals surface area contributed by atoms with Gasteiger partial charge in [-0.05, 0) is 31.4 Å². The van der Waals surface area contributed by atoms with E-state index in [9.17, 15) is 4.79 Å². The molecule has 2 fully saturated rings. The highest BCUT2D eigenvalue weighted by atomic mass is 16.5. The number of hydrogen-bond acceptors (Lipinski definition) is 3. The van der Waals surface area contributed by atoms with Crippen molar-refractivity contribution in [1.82, 2.24) is 4.98 Å². The summed E-state index contributed by atoms with van der Waals surface area (Å²) in [5.41, 5.74) is 1.57. The molecule has 2 aliphatic rings. The second-order valence-corrected chi connectivity index (χ2v) is 5.46. The average Bonchev–Trinajstić information content (AvgIpc) is 3.08. The van der Waals surface area contributed by atoms with E-state index in [1.165, 1.54) is 0 Å². The van der Waals surface area contributed by atoms with Gasteiger partial charge in [0.2, 0.25) is 0 Å². The Morgan fingerprint density at radius 1 is 1.21 bits per heavy atom. The van der Waals surface area contributed by atoms with Crippen molar-refractivity contribution in [3.05, 3.63) is 42.1 Å². The van der Waals surface area contributed by atoms with Gasteiger partial charge in [-0.25, -0.2) is 0 Å². The number of benzene rings is 1. The van der Waals surface area contributed by atoms with Crippen LogP contribution in [0.4, 0.5) is 0 Å². The lowest BCUT2D eigenvalue weighted by Crippen LogP contribution is -2.25. The van der Waals surface area contributed by atoms with Crippen molar-refractivity contribution in [1.29, 1.82) is 0 Å². The zero-order valence-corrected chi connectivity index (χ0v) is 10.6. The lowest BCUT2D eigenvalue weighted by Gasteiger charge is -2.17. The van der Waals surface area contributed by atoms with E-state index in [0.717, 1.165) is 35.7 Å². The molecule has 1 aromatic heterocycles. The number of fused-ring (bicyclic) bond motifs is 3. The fraction of sp³-hybridized carbons (Fsp3) is 0.375. The minimum atomic E-state index is 0.0337. The van der Waals surface area contributed by atoms with Gasteiger partial charge in [-0.1, -0.05) is 18.2 Å². The van der Waals surface area contributed by atoms with Crippen LogP contribution >= 0.6 is 0 Å². The van der Waals surface area contributed by atoms with Gasteiger partial charge < -0.3 is 4.74 Å². The molecule has 3 unspecified atom stereocenters. The molecule has 19 heavy (non-hydrogen) atoms. The summed E-state index contributed by atoms with van der Waals surface area (Å²) in [6, 6.07) is 9.72. The summed E-state index contributed by atoms with van der Waals surface area (Å²) in [6.45, 7) is 0. The van der Waals surface area contributed by atoms with Gasteiger partial charge >= 0.3 is 0 Å². The third-order valence-corrected chi connectivity index (χ3v) is 4.34. The predicted molar refractivity (Wildman–Crippen MR) is 72.1 cm³/mol. The van der Waals surface area contributed by atoms with Crippen LogP contribution in [0.3, 0.4) is 0 Å². The minimum absolute atomic E-state index is 0.0337. The van der Waals surface area contributed by atoms with E-state index in [0.29, 0.717) is 6.10 Å². The number of ether oxygens (including phenoxy) is 1. The van der Waals surface area contributed by atoms with Gasteiger partial charge in [-0.3, -0.25) is 9.78 Å². The standard InChI is InChI=1S/C16H15NO2/c18-16(13-9-11-6-7-14(13)19-11)12-5-1-3-10-4-2-8-17-15(10)12/h1-5,8,11,13-14H,6-7,9H2. The molecular weight excluding hydrogens is 238 g/mol. The molecule has 4 rings (SSSR count). The molecule has 3 heteroatoms. The van der Waals surface area contributed by atoms with Gasteiger partial charge in [0.25, 0.3) is 0 Å². The molecule has 0 aliphatic carbocycles. The summed E-state index contributed by atoms with van der Waals surface area (Å²) in [5, 5.41) is 1.03. The average molecular weight is 253 g/mol. The third kappa shape index (κ3) is 1.69. The highest BCUT2D eigenvalue weighted by molar-refractivity contribution is 6.08. The first-order valence-electron chi connectivity index (χ1n) is 6.86. The molecule has 0 N–H and O–H groups in total. The Kier molecular flexibility index (Phi) is 2.42. The summed E-state index contributed by atoms with van der Waals surface area (Å²) in [6.07, 6.45) is 5.21. The van der Waals surface area contributed by atoms with Crippen molar-refractivity contribution in [2.45, 2.75) is 31.5 Å². The predicted octanol–water partition coefficient (Wildman–Crippen LogP) is 2.99. The second-order valence-electron chi connectivity index (χ2n) is 5.46. The zero-order chi connectivity index (χ0) is 12.8. The van der Waals surface area contributed by atoms with Gasteiger partial charge in [0, 0.05) is 17.1 Å². The second kappa shape index (κ2) is 4.14. The topological polar surface area (TPSA) is 39.2 Å². The number of aromatic nitrogens is 1. The Morgan fingerprint density at radius 3 is 2.89 bits per heavy atom. The van der Waals surface area contributed by atoms with Crippen LogP contribution in [0.25, 0.3) is 10.9 Å². The normalized spacial score (nSPS) is 28.9. The SMILES string of the molecule is O=C(c1cccc2cccnc12)C1CC2CCC1O2. The van der Waals surface area contributed by atoms with Crippen LogP contribution < -0.4 is 0 Å². The Morgan fingerprint density at radius 2 is 2.11 bits per heavy atom. The highest BCUT2D eigenvalue weighted by Gasteiger charge is 2.44. The number of hydrogen-bond donors (Lipinski definition) is 0. The Hall–Kier alpha value is -1.74. The van der Waals surface area contributed by atoms with Crippen LogP contribution in [-0.2, 0) is 4.74 Å². The monoisotopic (exact) mass is 253 g/mol. The molecule has 96 valence electrons. The maximum atomic E-state index is 12.7. The van der Waals surface area contributed by atoms with E-state index in [2.05, 4.69) is 4.98 Å². The van der Waals surface area contributed by atoms with Crippen molar-refractivity contribution in [3.8, 4) is 0 Å². The smallest absolute Gasteiger partial charge is 0.170 e. The van der Waals surface area contributed by atoms with Crippen molar-refractivity contribution in [3.63, 3.8) is 0 Å². The van der Waals surface area contributed by atoms with Crippen molar-refractivity contribution in [2.24, 2.45) is 5.92 Å².